The van der Waals surface area contributed by atoms with E-state index in [4.69, 9.17) is 0 Å². The van der Waals surface area contributed by atoms with Crippen molar-refractivity contribution in [3.05, 3.63) is 29.8 Å². The summed E-state index contributed by atoms with van der Waals surface area (Å²) in [5.41, 5.74) is 4.39. The number of benzene rings is 1. The Morgan fingerprint density at radius 1 is 1.08 bits per heavy atom. The van der Waals surface area contributed by atoms with Crippen LogP contribution < -0.4 is 10.7 Å². The highest BCUT2D eigenvalue weighted by atomic mass is 16.2. The molecule has 0 unspecified atom stereocenters. The molecule has 0 fully saturated rings. The van der Waals surface area contributed by atoms with Crippen molar-refractivity contribution in [1.82, 2.24) is 10.3 Å². The number of aryl methyl sites for hydroxylation is 1. The molecule has 0 radical (unpaired) electrons. The predicted octanol–water partition coefficient (Wildman–Crippen LogP) is 1.68. The van der Waals surface area contributed by atoms with Crippen LogP contribution in [-0.4, -0.2) is 41.4 Å². The highest BCUT2D eigenvalue weighted by molar-refractivity contribution is 6.35. The summed E-state index contributed by atoms with van der Waals surface area (Å²) in [5, 5.41) is 6.54. The predicted molar refractivity (Wildman–Crippen MR) is 93.6 cm³/mol. The molecular formula is C17H24N4O3. The van der Waals surface area contributed by atoms with Gasteiger partial charge in [-0.2, -0.15) is 5.10 Å². The molecule has 24 heavy (non-hydrogen) atoms. The van der Waals surface area contributed by atoms with Gasteiger partial charge in [-0.1, -0.05) is 17.7 Å². The number of hydrazone groups is 1. The van der Waals surface area contributed by atoms with Crippen LogP contribution in [0.5, 0.6) is 0 Å². The normalized spacial score (nSPS) is 10.9. The van der Waals surface area contributed by atoms with Crippen LogP contribution in [0.2, 0.25) is 0 Å². The molecule has 7 nitrogen and oxygen atoms in total. The molecule has 1 aromatic carbocycles. The SMILES string of the molecule is CCN(CC)C(=O)C(=O)N/N=C(\C)CC(=O)Nc1ccc(C)cc1. The fourth-order valence-corrected chi connectivity index (χ4v) is 1.96. The molecular weight excluding hydrogens is 308 g/mol. The van der Waals surface area contributed by atoms with E-state index in [0.717, 1.165) is 5.56 Å². The van der Waals surface area contributed by atoms with Crippen molar-refractivity contribution in [2.24, 2.45) is 5.10 Å². The van der Waals surface area contributed by atoms with Crippen LogP contribution in [0.15, 0.2) is 29.4 Å². The molecule has 0 aliphatic rings. The van der Waals surface area contributed by atoms with Crippen LogP contribution >= 0.6 is 0 Å². The Balaban J connectivity index is 2.51. The molecule has 0 heterocycles. The van der Waals surface area contributed by atoms with Crippen molar-refractivity contribution in [3.63, 3.8) is 0 Å². The lowest BCUT2D eigenvalue weighted by Gasteiger charge is -2.16. The summed E-state index contributed by atoms with van der Waals surface area (Å²) in [6.07, 6.45) is 0.0214. The van der Waals surface area contributed by atoms with E-state index in [1.165, 1.54) is 4.90 Å². The number of carbonyl (C=O) groups excluding carboxylic acids is 3. The van der Waals surface area contributed by atoms with Crippen LogP contribution in [0.3, 0.4) is 0 Å². The monoisotopic (exact) mass is 332 g/mol. The van der Waals surface area contributed by atoms with Crippen molar-refractivity contribution in [1.29, 1.82) is 0 Å². The molecule has 0 bridgehead atoms. The van der Waals surface area contributed by atoms with Gasteiger partial charge >= 0.3 is 11.8 Å². The quantitative estimate of drug-likeness (QED) is 0.472. The smallest absolute Gasteiger partial charge is 0.329 e. The molecule has 130 valence electrons. The fraction of sp³-hybridized carbons (Fsp3) is 0.412. The number of carbonyl (C=O) groups is 3. The lowest BCUT2D eigenvalue weighted by molar-refractivity contribution is -0.145. The van der Waals surface area contributed by atoms with E-state index in [0.29, 0.717) is 24.5 Å². The van der Waals surface area contributed by atoms with Gasteiger partial charge in [-0.25, -0.2) is 5.43 Å². The van der Waals surface area contributed by atoms with E-state index >= 15 is 0 Å². The summed E-state index contributed by atoms with van der Waals surface area (Å²) < 4.78 is 0. The topological polar surface area (TPSA) is 90.9 Å². The van der Waals surface area contributed by atoms with Gasteiger partial charge in [0, 0.05) is 24.5 Å². The Hall–Kier alpha value is -2.70. The summed E-state index contributed by atoms with van der Waals surface area (Å²) >= 11 is 0. The molecule has 2 N–H and O–H groups in total. The summed E-state index contributed by atoms with van der Waals surface area (Å²) in [4.78, 5) is 36.8. The number of nitrogens with zero attached hydrogens (tertiary/aromatic N) is 2. The molecule has 0 aliphatic heterocycles. The van der Waals surface area contributed by atoms with Gasteiger partial charge in [0.2, 0.25) is 5.91 Å². The van der Waals surface area contributed by atoms with Gasteiger partial charge in [-0.05, 0) is 39.8 Å². The highest BCUT2D eigenvalue weighted by Crippen LogP contribution is 2.08. The van der Waals surface area contributed by atoms with Gasteiger partial charge in [-0.3, -0.25) is 14.4 Å². The first-order valence-corrected chi connectivity index (χ1v) is 7.86. The minimum atomic E-state index is -0.808. The zero-order chi connectivity index (χ0) is 18.1. The number of likely N-dealkylation sites (N-methyl/N-ethyl adjacent to an activating group) is 1. The molecule has 1 aromatic rings. The lowest BCUT2D eigenvalue weighted by Crippen LogP contribution is -2.41. The fourth-order valence-electron chi connectivity index (χ4n) is 1.96. The second kappa shape index (κ2) is 9.44. The Morgan fingerprint density at radius 3 is 2.21 bits per heavy atom. The molecule has 3 amide bonds. The van der Waals surface area contributed by atoms with E-state index in [1.54, 1.807) is 20.8 Å². The van der Waals surface area contributed by atoms with Gasteiger partial charge in [0.05, 0.1) is 6.42 Å². The summed E-state index contributed by atoms with van der Waals surface area (Å²) in [6.45, 7) is 8.05. The Kier molecular flexibility index (Phi) is 7.61. The van der Waals surface area contributed by atoms with E-state index < -0.39 is 11.8 Å². The van der Waals surface area contributed by atoms with Crippen LogP contribution in [0.25, 0.3) is 0 Å². The average molecular weight is 332 g/mol. The lowest BCUT2D eigenvalue weighted by atomic mass is 10.2. The second-order valence-corrected chi connectivity index (χ2v) is 5.36. The zero-order valence-electron chi connectivity index (χ0n) is 14.5. The highest BCUT2D eigenvalue weighted by Gasteiger charge is 2.18. The summed E-state index contributed by atoms with van der Waals surface area (Å²) in [5.74, 6) is -1.69. The molecule has 0 saturated carbocycles. The second-order valence-electron chi connectivity index (χ2n) is 5.36. The van der Waals surface area contributed by atoms with Gasteiger partial charge < -0.3 is 10.2 Å². The molecule has 7 heteroatoms. The van der Waals surface area contributed by atoms with Gasteiger partial charge in [0.1, 0.15) is 0 Å². The number of amides is 3. The number of hydrogen-bond acceptors (Lipinski definition) is 4. The van der Waals surface area contributed by atoms with Crippen molar-refractivity contribution in [2.45, 2.75) is 34.1 Å². The van der Waals surface area contributed by atoms with Crippen LogP contribution in [0.4, 0.5) is 5.69 Å². The van der Waals surface area contributed by atoms with Crippen LogP contribution in [-0.2, 0) is 14.4 Å². The maximum atomic E-state index is 11.9. The third-order valence-corrected chi connectivity index (χ3v) is 3.34. The first-order chi connectivity index (χ1) is 11.4. The maximum Gasteiger partial charge on any atom is 0.329 e. The van der Waals surface area contributed by atoms with Crippen LogP contribution in [0, 0.1) is 6.92 Å². The average Bonchev–Trinajstić information content (AvgIpc) is 2.55. The van der Waals surface area contributed by atoms with Crippen molar-refractivity contribution < 1.29 is 14.4 Å². The summed E-state index contributed by atoms with van der Waals surface area (Å²) in [7, 11) is 0. The van der Waals surface area contributed by atoms with E-state index in [2.05, 4.69) is 15.8 Å². The van der Waals surface area contributed by atoms with Gasteiger partial charge in [-0.15, -0.1) is 0 Å². The Morgan fingerprint density at radius 2 is 1.67 bits per heavy atom. The number of nitrogens with one attached hydrogen (secondary N) is 2. The minimum Gasteiger partial charge on any atom is -0.335 e. The van der Waals surface area contributed by atoms with Crippen molar-refractivity contribution in [2.75, 3.05) is 18.4 Å². The third kappa shape index (κ3) is 6.20. The summed E-state index contributed by atoms with van der Waals surface area (Å²) in [6, 6.07) is 7.42. The maximum absolute atomic E-state index is 11.9. The number of hydrogen-bond donors (Lipinski definition) is 2. The minimum absolute atomic E-state index is 0.0214. The van der Waals surface area contributed by atoms with Gasteiger partial charge in [0.25, 0.3) is 0 Å². The first-order valence-electron chi connectivity index (χ1n) is 7.86. The van der Waals surface area contributed by atoms with E-state index in [-0.39, 0.29) is 12.3 Å². The van der Waals surface area contributed by atoms with E-state index in [9.17, 15) is 14.4 Å². The molecule has 0 spiro atoms. The molecule has 1 rings (SSSR count). The van der Waals surface area contributed by atoms with E-state index in [1.807, 2.05) is 31.2 Å². The van der Waals surface area contributed by atoms with Gasteiger partial charge in [0.15, 0.2) is 0 Å². The largest absolute Gasteiger partial charge is 0.335 e. The van der Waals surface area contributed by atoms with Crippen molar-refractivity contribution >= 4 is 29.1 Å². The molecule has 0 aliphatic carbocycles. The first kappa shape index (κ1) is 19.3. The standard InChI is InChI=1S/C17H24N4O3/c1-5-21(6-2)17(24)16(23)20-19-13(4)11-15(22)18-14-9-7-12(3)8-10-14/h7-10H,5-6,11H2,1-4H3,(H,18,22)(H,20,23)/b19-13+. The number of anilines is 1. The molecule has 0 saturated heterocycles. The Labute approximate surface area is 142 Å². The molecule has 0 aromatic heterocycles. The zero-order valence-corrected chi connectivity index (χ0v) is 14.5. The molecule has 0 atom stereocenters. The van der Waals surface area contributed by atoms with Crippen LogP contribution in [0.1, 0.15) is 32.8 Å². The third-order valence-electron chi connectivity index (χ3n) is 3.34. The number of rotatable bonds is 6. The van der Waals surface area contributed by atoms with Crippen molar-refractivity contribution in [3.8, 4) is 0 Å². The Bertz CT molecular complexity index is 619.